The predicted molar refractivity (Wildman–Crippen MR) is 115 cm³/mol. The quantitative estimate of drug-likeness (QED) is 0.290. The number of aliphatic imine (C=N–C) groups is 1. The molecule has 3 aromatic rings. The van der Waals surface area contributed by atoms with Crippen LogP contribution in [0.5, 0.6) is 0 Å². The van der Waals surface area contributed by atoms with Crippen molar-refractivity contribution in [2.45, 2.75) is 13.3 Å². The van der Waals surface area contributed by atoms with E-state index < -0.39 is 0 Å². The molecule has 3 rings (SSSR count). The van der Waals surface area contributed by atoms with Gasteiger partial charge in [-0.05, 0) is 37.1 Å². The van der Waals surface area contributed by atoms with Crippen molar-refractivity contribution in [3.05, 3.63) is 71.4 Å². The Morgan fingerprint density at radius 1 is 1.00 bits per heavy atom. The van der Waals surface area contributed by atoms with E-state index in [2.05, 4.69) is 50.3 Å². The Balaban J connectivity index is 1.38. The van der Waals surface area contributed by atoms with E-state index in [0.29, 0.717) is 18.7 Å². The summed E-state index contributed by atoms with van der Waals surface area (Å²) in [5, 5.41) is 10.7. The van der Waals surface area contributed by atoms with Crippen molar-refractivity contribution >= 4 is 22.8 Å². The van der Waals surface area contributed by atoms with Crippen molar-refractivity contribution in [1.29, 1.82) is 0 Å². The van der Waals surface area contributed by atoms with E-state index in [9.17, 15) is 4.79 Å². The first-order valence-corrected chi connectivity index (χ1v) is 9.52. The lowest BCUT2D eigenvalue weighted by Crippen LogP contribution is -2.42. The number of para-hydroxylation sites is 1. The minimum absolute atomic E-state index is 0.0622. The number of fused-ring (bicyclic) bond motifs is 1. The first-order valence-electron chi connectivity index (χ1n) is 9.52. The fourth-order valence-corrected chi connectivity index (χ4v) is 3.12. The first kappa shape index (κ1) is 19.5. The van der Waals surface area contributed by atoms with Gasteiger partial charge in [0.2, 0.25) is 0 Å². The van der Waals surface area contributed by atoms with Gasteiger partial charge < -0.3 is 20.9 Å². The van der Waals surface area contributed by atoms with Crippen molar-refractivity contribution in [3.63, 3.8) is 0 Å². The van der Waals surface area contributed by atoms with E-state index in [1.807, 2.05) is 37.3 Å². The van der Waals surface area contributed by atoms with Crippen LogP contribution in [0.25, 0.3) is 10.9 Å². The van der Waals surface area contributed by atoms with E-state index in [0.717, 1.165) is 30.0 Å². The van der Waals surface area contributed by atoms with E-state index in [4.69, 9.17) is 0 Å². The van der Waals surface area contributed by atoms with Crippen molar-refractivity contribution in [3.8, 4) is 0 Å². The lowest BCUT2D eigenvalue weighted by atomic mass is 10.1. The maximum absolute atomic E-state index is 12.1. The molecule has 0 aliphatic heterocycles. The van der Waals surface area contributed by atoms with E-state index in [-0.39, 0.29) is 5.91 Å². The number of hydrogen-bond acceptors (Lipinski definition) is 2. The Labute approximate surface area is 165 Å². The molecule has 28 heavy (non-hydrogen) atoms. The molecule has 0 aliphatic carbocycles. The third-order valence-electron chi connectivity index (χ3n) is 4.57. The summed E-state index contributed by atoms with van der Waals surface area (Å²) in [5.74, 6) is 0.664. The number of carbonyl (C=O) groups is 1. The largest absolute Gasteiger partial charge is 0.361 e. The fourth-order valence-electron chi connectivity index (χ4n) is 3.12. The third-order valence-corrected chi connectivity index (χ3v) is 4.57. The number of aromatic amines is 1. The topological polar surface area (TPSA) is 81.3 Å². The first-order chi connectivity index (χ1) is 13.7. The monoisotopic (exact) mass is 377 g/mol. The maximum Gasteiger partial charge on any atom is 0.251 e. The molecule has 0 radical (unpaired) electrons. The molecular formula is C22H27N5O. The summed E-state index contributed by atoms with van der Waals surface area (Å²) in [6.07, 6.45) is 2.96. The van der Waals surface area contributed by atoms with Crippen molar-refractivity contribution in [2.75, 3.05) is 26.7 Å². The maximum atomic E-state index is 12.1. The molecule has 0 saturated carbocycles. The molecule has 6 nitrogen and oxygen atoms in total. The molecule has 1 amide bonds. The number of H-pyrrole nitrogens is 1. The molecule has 1 aromatic heterocycles. The summed E-state index contributed by atoms with van der Waals surface area (Å²) in [6.45, 7) is 3.88. The van der Waals surface area contributed by atoms with Gasteiger partial charge in [0.1, 0.15) is 0 Å². The second kappa shape index (κ2) is 9.60. The summed E-state index contributed by atoms with van der Waals surface area (Å²) in [7, 11) is 1.74. The molecule has 0 spiro atoms. The highest BCUT2D eigenvalue weighted by atomic mass is 16.1. The molecule has 0 fully saturated rings. The van der Waals surface area contributed by atoms with Crippen LogP contribution in [0.15, 0.2) is 59.7 Å². The summed E-state index contributed by atoms with van der Waals surface area (Å²) >= 11 is 0. The van der Waals surface area contributed by atoms with Crippen LogP contribution in [-0.4, -0.2) is 43.5 Å². The van der Waals surface area contributed by atoms with Crippen LogP contribution in [0.4, 0.5) is 0 Å². The highest BCUT2D eigenvalue weighted by Crippen LogP contribution is 2.17. The van der Waals surface area contributed by atoms with E-state index in [1.165, 1.54) is 10.9 Å². The Hall–Kier alpha value is -3.28. The van der Waals surface area contributed by atoms with Gasteiger partial charge in [-0.25, -0.2) is 0 Å². The molecule has 4 N–H and O–H groups in total. The molecule has 0 atom stereocenters. The standard InChI is InChI=1S/C22H27N5O/c1-16-6-5-7-17(14-16)21(28)24-12-13-26-22(23-2)25-11-10-18-15-27-20-9-4-3-8-19(18)20/h3-9,14-15,27H,10-13H2,1-2H3,(H,24,28)(H2,23,25,26). The Morgan fingerprint density at radius 3 is 2.61 bits per heavy atom. The Bertz CT molecular complexity index is 960. The molecule has 146 valence electrons. The summed E-state index contributed by atoms with van der Waals surface area (Å²) in [5.41, 5.74) is 4.19. The fraction of sp³-hybridized carbons (Fsp3) is 0.273. The number of aryl methyl sites for hydroxylation is 1. The molecule has 2 aromatic carbocycles. The number of nitrogens with one attached hydrogen (secondary N) is 4. The zero-order valence-corrected chi connectivity index (χ0v) is 16.4. The van der Waals surface area contributed by atoms with Gasteiger partial charge in [0, 0.05) is 49.3 Å². The lowest BCUT2D eigenvalue weighted by molar-refractivity contribution is 0.0954. The van der Waals surface area contributed by atoms with E-state index >= 15 is 0 Å². The van der Waals surface area contributed by atoms with Crippen molar-refractivity contribution in [2.24, 2.45) is 4.99 Å². The summed E-state index contributed by atoms with van der Waals surface area (Å²) < 4.78 is 0. The van der Waals surface area contributed by atoms with Crippen molar-refractivity contribution < 1.29 is 4.79 Å². The van der Waals surface area contributed by atoms with Gasteiger partial charge in [-0.15, -0.1) is 0 Å². The number of guanidine groups is 1. The Kier molecular flexibility index (Phi) is 6.68. The predicted octanol–water partition coefficient (Wildman–Crippen LogP) is 2.61. The van der Waals surface area contributed by atoms with Crippen LogP contribution in [0.2, 0.25) is 0 Å². The number of aromatic nitrogens is 1. The zero-order chi connectivity index (χ0) is 19.8. The molecule has 0 bridgehead atoms. The van der Waals surface area contributed by atoms with Gasteiger partial charge in [0.25, 0.3) is 5.91 Å². The lowest BCUT2D eigenvalue weighted by Gasteiger charge is -2.12. The number of nitrogens with zero attached hydrogens (tertiary/aromatic N) is 1. The van der Waals surface area contributed by atoms with Crippen molar-refractivity contribution in [1.82, 2.24) is 20.9 Å². The van der Waals surface area contributed by atoms with Gasteiger partial charge in [-0.2, -0.15) is 0 Å². The van der Waals surface area contributed by atoms with Gasteiger partial charge in [-0.3, -0.25) is 9.79 Å². The molecular weight excluding hydrogens is 350 g/mol. The number of carbonyl (C=O) groups excluding carboxylic acids is 1. The minimum Gasteiger partial charge on any atom is -0.361 e. The van der Waals surface area contributed by atoms with Gasteiger partial charge >= 0.3 is 0 Å². The molecule has 0 aliphatic rings. The Morgan fingerprint density at radius 2 is 1.79 bits per heavy atom. The highest BCUT2D eigenvalue weighted by Gasteiger charge is 2.05. The smallest absolute Gasteiger partial charge is 0.251 e. The summed E-state index contributed by atoms with van der Waals surface area (Å²) in [6, 6.07) is 15.9. The van der Waals surface area contributed by atoms with Crippen LogP contribution in [0, 0.1) is 6.92 Å². The van der Waals surface area contributed by atoms with Crippen LogP contribution in [0.1, 0.15) is 21.5 Å². The highest BCUT2D eigenvalue weighted by molar-refractivity contribution is 5.94. The van der Waals surface area contributed by atoms with Gasteiger partial charge in [0.15, 0.2) is 5.96 Å². The number of rotatable bonds is 7. The number of amides is 1. The van der Waals surface area contributed by atoms with Crippen LogP contribution >= 0.6 is 0 Å². The molecule has 0 unspecified atom stereocenters. The molecule has 1 heterocycles. The van der Waals surface area contributed by atoms with Crippen LogP contribution in [0.3, 0.4) is 0 Å². The van der Waals surface area contributed by atoms with Gasteiger partial charge in [0.05, 0.1) is 0 Å². The third kappa shape index (κ3) is 5.13. The zero-order valence-electron chi connectivity index (χ0n) is 16.4. The number of hydrogen-bond donors (Lipinski definition) is 4. The molecule has 6 heteroatoms. The minimum atomic E-state index is -0.0622. The summed E-state index contributed by atoms with van der Waals surface area (Å²) in [4.78, 5) is 19.7. The second-order valence-corrected chi connectivity index (χ2v) is 6.66. The van der Waals surface area contributed by atoms with Crippen LogP contribution in [-0.2, 0) is 6.42 Å². The number of benzene rings is 2. The molecule has 0 saturated heterocycles. The second-order valence-electron chi connectivity index (χ2n) is 6.66. The van der Waals surface area contributed by atoms with Gasteiger partial charge in [-0.1, -0.05) is 35.9 Å². The average molecular weight is 377 g/mol. The van der Waals surface area contributed by atoms with E-state index in [1.54, 1.807) is 7.05 Å². The average Bonchev–Trinajstić information content (AvgIpc) is 3.12. The van der Waals surface area contributed by atoms with Crippen LogP contribution < -0.4 is 16.0 Å². The SMILES string of the molecule is CN=C(NCCNC(=O)c1cccc(C)c1)NCCc1c[nH]c2ccccc12. The normalized spacial score (nSPS) is 11.4.